The third kappa shape index (κ3) is 3.48. The zero-order valence-corrected chi connectivity index (χ0v) is 12.2. The Labute approximate surface area is 116 Å². The van der Waals surface area contributed by atoms with Crippen LogP contribution in [0.2, 0.25) is 0 Å². The Balaban J connectivity index is 2.00. The summed E-state index contributed by atoms with van der Waals surface area (Å²) in [7, 11) is 0. The van der Waals surface area contributed by atoms with Crippen LogP contribution in [0, 0.1) is 11.8 Å². The Kier molecular flexibility index (Phi) is 5.22. The number of rotatable bonds is 2. The van der Waals surface area contributed by atoms with Gasteiger partial charge in [-0.1, -0.05) is 25.7 Å². The van der Waals surface area contributed by atoms with E-state index in [-0.39, 0.29) is 17.9 Å². The fraction of sp³-hybridized carbons (Fsp3) is 0.933. The number of hydrogen-bond acceptors (Lipinski definition) is 3. The van der Waals surface area contributed by atoms with E-state index in [1.54, 1.807) is 0 Å². The lowest BCUT2D eigenvalue weighted by atomic mass is 9.86. The summed E-state index contributed by atoms with van der Waals surface area (Å²) in [6, 6.07) is 0.385. The van der Waals surface area contributed by atoms with Gasteiger partial charge in [0, 0.05) is 18.6 Å². The van der Waals surface area contributed by atoms with Gasteiger partial charge in [0.25, 0.3) is 0 Å². The average Bonchev–Trinajstić information content (AvgIpc) is 2.75. The van der Waals surface area contributed by atoms with E-state index in [0.717, 1.165) is 32.2 Å². The van der Waals surface area contributed by atoms with E-state index in [1.165, 1.54) is 19.3 Å². The predicted molar refractivity (Wildman–Crippen MR) is 77.5 cm³/mol. The topological polar surface area (TPSA) is 72.3 Å². The molecule has 0 aromatic heterocycles. The number of hydrogen-bond donors (Lipinski definition) is 2. The molecule has 1 saturated carbocycles. The Morgan fingerprint density at radius 1 is 1.21 bits per heavy atom. The zero-order chi connectivity index (χ0) is 13.8. The molecule has 4 atom stereocenters. The Hall–Kier alpha value is -0.610. The number of carbonyl (C=O) groups is 1. The SMILES string of the molecule is CC1CC(CN)CN1C(=O)C1CCCCCCC1N. The smallest absolute Gasteiger partial charge is 0.227 e. The highest BCUT2D eigenvalue weighted by Gasteiger charge is 2.37. The van der Waals surface area contributed by atoms with E-state index in [0.29, 0.717) is 18.5 Å². The van der Waals surface area contributed by atoms with Crippen molar-refractivity contribution in [2.24, 2.45) is 23.3 Å². The lowest BCUT2D eigenvalue weighted by Crippen LogP contribution is -2.46. The van der Waals surface area contributed by atoms with E-state index in [9.17, 15) is 4.79 Å². The van der Waals surface area contributed by atoms with Gasteiger partial charge in [-0.15, -0.1) is 0 Å². The van der Waals surface area contributed by atoms with Crippen molar-refractivity contribution in [3.8, 4) is 0 Å². The highest BCUT2D eigenvalue weighted by Crippen LogP contribution is 2.28. The second-order valence-corrected chi connectivity index (χ2v) is 6.44. The lowest BCUT2D eigenvalue weighted by Gasteiger charge is -2.31. The number of likely N-dealkylation sites (tertiary alicyclic amines) is 1. The molecule has 4 N–H and O–H groups in total. The van der Waals surface area contributed by atoms with Gasteiger partial charge in [-0.25, -0.2) is 0 Å². The number of nitrogens with two attached hydrogens (primary N) is 2. The molecule has 4 unspecified atom stereocenters. The summed E-state index contributed by atoms with van der Waals surface area (Å²) in [5.41, 5.74) is 12.0. The first-order valence-electron chi connectivity index (χ1n) is 7.89. The molecule has 0 radical (unpaired) electrons. The Morgan fingerprint density at radius 2 is 1.89 bits per heavy atom. The molecule has 1 amide bonds. The van der Waals surface area contributed by atoms with Crippen LogP contribution in [0.4, 0.5) is 0 Å². The summed E-state index contributed by atoms with van der Waals surface area (Å²) in [4.78, 5) is 14.8. The van der Waals surface area contributed by atoms with Crippen molar-refractivity contribution in [3.63, 3.8) is 0 Å². The standard InChI is InChI=1S/C15H29N3O/c1-11-8-12(9-16)10-18(11)15(19)13-6-4-2-3-5-7-14(13)17/h11-14H,2-10,16-17H2,1H3. The fourth-order valence-electron chi connectivity index (χ4n) is 3.65. The normalized spacial score (nSPS) is 36.9. The minimum absolute atomic E-state index is 0.0410. The molecule has 2 rings (SSSR count). The quantitative estimate of drug-likeness (QED) is 0.796. The van der Waals surface area contributed by atoms with Crippen LogP contribution in [-0.4, -0.2) is 36.0 Å². The highest BCUT2D eigenvalue weighted by molar-refractivity contribution is 5.80. The Morgan fingerprint density at radius 3 is 2.53 bits per heavy atom. The van der Waals surface area contributed by atoms with Crippen LogP contribution in [0.3, 0.4) is 0 Å². The van der Waals surface area contributed by atoms with Crippen LogP contribution < -0.4 is 11.5 Å². The number of amides is 1. The maximum atomic E-state index is 12.8. The molecule has 4 nitrogen and oxygen atoms in total. The average molecular weight is 267 g/mol. The maximum Gasteiger partial charge on any atom is 0.227 e. The summed E-state index contributed by atoms with van der Waals surface area (Å²) in [5.74, 6) is 0.806. The summed E-state index contributed by atoms with van der Waals surface area (Å²) in [6.07, 6.45) is 7.85. The molecule has 0 aromatic carbocycles. The van der Waals surface area contributed by atoms with Gasteiger partial charge in [-0.05, 0) is 38.6 Å². The van der Waals surface area contributed by atoms with E-state index < -0.39 is 0 Å². The molecule has 0 bridgehead atoms. The van der Waals surface area contributed by atoms with Gasteiger partial charge in [-0.3, -0.25) is 4.79 Å². The van der Waals surface area contributed by atoms with E-state index in [4.69, 9.17) is 11.5 Å². The monoisotopic (exact) mass is 267 g/mol. The third-order valence-electron chi connectivity index (χ3n) is 4.91. The molecular weight excluding hydrogens is 238 g/mol. The second-order valence-electron chi connectivity index (χ2n) is 6.44. The van der Waals surface area contributed by atoms with Gasteiger partial charge >= 0.3 is 0 Å². The van der Waals surface area contributed by atoms with Crippen LogP contribution in [0.25, 0.3) is 0 Å². The molecule has 1 aliphatic carbocycles. The minimum Gasteiger partial charge on any atom is -0.339 e. The van der Waals surface area contributed by atoms with Gasteiger partial charge in [-0.2, -0.15) is 0 Å². The Bertz CT molecular complexity index is 308. The predicted octanol–water partition coefficient (Wildman–Crippen LogP) is 1.48. The summed E-state index contributed by atoms with van der Waals surface area (Å²) in [5, 5.41) is 0. The summed E-state index contributed by atoms with van der Waals surface area (Å²) < 4.78 is 0. The summed E-state index contributed by atoms with van der Waals surface area (Å²) in [6.45, 7) is 3.66. The van der Waals surface area contributed by atoms with E-state index >= 15 is 0 Å². The highest BCUT2D eigenvalue weighted by atomic mass is 16.2. The van der Waals surface area contributed by atoms with Crippen molar-refractivity contribution in [3.05, 3.63) is 0 Å². The molecular formula is C15H29N3O. The molecule has 1 heterocycles. The second kappa shape index (κ2) is 6.71. The van der Waals surface area contributed by atoms with Crippen molar-refractivity contribution in [1.82, 2.24) is 4.90 Å². The molecule has 1 aliphatic heterocycles. The van der Waals surface area contributed by atoms with Crippen molar-refractivity contribution in [2.75, 3.05) is 13.1 Å². The molecule has 4 heteroatoms. The fourth-order valence-corrected chi connectivity index (χ4v) is 3.65. The number of carbonyl (C=O) groups excluding carboxylic acids is 1. The molecule has 1 saturated heterocycles. The summed E-state index contributed by atoms with van der Waals surface area (Å²) >= 11 is 0. The third-order valence-corrected chi connectivity index (χ3v) is 4.91. The van der Waals surface area contributed by atoms with Crippen molar-refractivity contribution in [2.45, 2.75) is 64.0 Å². The van der Waals surface area contributed by atoms with Gasteiger partial charge in [0.15, 0.2) is 0 Å². The van der Waals surface area contributed by atoms with Crippen LogP contribution in [-0.2, 0) is 4.79 Å². The van der Waals surface area contributed by atoms with Crippen LogP contribution in [0.1, 0.15) is 51.9 Å². The molecule has 0 spiro atoms. The maximum absolute atomic E-state index is 12.8. The van der Waals surface area contributed by atoms with Crippen LogP contribution in [0.5, 0.6) is 0 Å². The van der Waals surface area contributed by atoms with E-state index in [1.807, 2.05) is 4.90 Å². The van der Waals surface area contributed by atoms with Crippen LogP contribution in [0.15, 0.2) is 0 Å². The van der Waals surface area contributed by atoms with Crippen LogP contribution >= 0.6 is 0 Å². The number of nitrogens with zero attached hydrogens (tertiary/aromatic N) is 1. The van der Waals surface area contributed by atoms with Gasteiger partial charge in [0.2, 0.25) is 5.91 Å². The van der Waals surface area contributed by atoms with Gasteiger partial charge < -0.3 is 16.4 Å². The van der Waals surface area contributed by atoms with Crippen molar-refractivity contribution < 1.29 is 4.79 Å². The largest absolute Gasteiger partial charge is 0.339 e. The zero-order valence-electron chi connectivity index (χ0n) is 12.2. The molecule has 19 heavy (non-hydrogen) atoms. The first kappa shape index (κ1) is 14.8. The van der Waals surface area contributed by atoms with Crippen molar-refractivity contribution in [1.29, 1.82) is 0 Å². The molecule has 2 fully saturated rings. The van der Waals surface area contributed by atoms with Gasteiger partial charge in [0.05, 0.1) is 5.92 Å². The molecule has 0 aromatic rings. The first-order chi connectivity index (χ1) is 9.13. The minimum atomic E-state index is 0.0410. The molecule has 110 valence electrons. The molecule has 2 aliphatic rings. The first-order valence-corrected chi connectivity index (χ1v) is 7.89. The van der Waals surface area contributed by atoms with E-state index in [2.05, 4.69) is 6.92 Å². The van der Waals surface area contributed by atoms with Crippen molar-refractivity contribution >= 4 is 5.91 Å². The van der Waals surface area contributed by atoms with Gasteiger partial charge in [0.1, 0.15) is 0 Å². The lowest BCUT2D eigenvalue weighted by molar-refractivity contribution is -0.137.